The summed E-state index contributed by atoms with van der Waals surface area (Å²) in [5.41, 5.74) is -0.205. The van der Waals surface area contributed by atoms with Crippen LogP contribution in [-0.4, -0.2) is 34.1 Å². The standard InChI is InChI=1S/C23H25ClF2N2O4S/c1-2-27-22(29)28-12-14-4-3-11-23(33(30,31)16-7-5-15(24)6-8-16)17(14)13-32-21-19(26)10-9-18(25)20(21)23/h5-10,14,17H,2-4,11-13H2,1H3,(H2,27,28,29)/p+1/t14-,17-,23-/m0/s1. The van der Waals surface area contributed by atoms with Crippen LogP contribution in [0.25, 0.3) is 0 Å². The lowest BCUT2D eigenvalue weighted by molar-refractivity contribution is 0.0758. The molecule has 4 rings (SSSR count). The van der Waals surface area contributed by atoms with Gasteiger partial charge in [0.1, 0.15) is 10.7 Å². The van der Waals surface area contributed by atoms with Crippen molar-refractivity contribution in [2.45, 2.75) is 35.8 Å². The maximum atomic E-state index is 15.3. The van der Waals surface area contributed by atoms with Gasteiger partial charge in [-0.2, -0.15) is 4.21 Å². The zero-order valence-corrected chi connectivity index (χ0v) is 19.6. The van der Waals surface area contributed by atoms with Crippen molar-refractivity contribution in [2.24, 2.45) is 11.8 Å². The number of benzene rings is 2. The Morgan fingerprint density at radius 3 is 2.61 bits per heavy atom. The third kappa shape index (κ3) is 3.95. The van der Waals surface area contributed by atoms with E-state index >= 15 is 4.39 Å². The molecule has 4 atom stereocenters. The number of hydrogen-bond acceptors (Lipinski definition) is 3. The van der Waals surface area contributed by atoms with Gasteiger partial charge in [-0.25, -0.2) is 17.8 Å². The topological polar surface area (TPSA) is 88.8 Å². The highest BCUT2D eigenvalue weighted by Gasteiger charge is 2.63. The van der Waals surface area contributed by atoms with Crippen molar-refractivity contribution in [3.8, 4) is 5.75 Å². The van der Waals surface area contributed by atoms with Gasteiger partial charge in [0, 0.05) is 24.0 Å². The van der Waals surface area contributed by atoms with Gasteiger partial charge in [-0.3, -0.25) is 0 Å². The molecule has 0 spiro atoms. The molecule has 1 aliphatic carbocycles. The van der Waals surface area contributed by atoms with Crippen LogP contribution in [-0.2, 0) is 14.6 Å². The Kier molecular flexibility index (Phi) is 6.55. The fourth-order valence-electron chi connectivity index (χ4n) is 5.22. The molecule has 0 bridgehead atoms. The molecule has 1 unspecified atom stereocenters. The average molecular weight is 500 g/mol. The highest BCUT2D eigenvalue weighted by atomic mass is 35.5. The molecule has 2 aromatic rings. The van der Waals surface area contributed by atoms with E-state index in [9.17, 15) is 17.6 Å². The molecule has 1 heterocycles. The monoisotopic (exact) mass is 499 g/mol. The second-order valence-corrected chi connectivity index (χ2v) is 11.1. The van der Waals surface area contributed by atoms with E-state index in [4.69, 9.17) is 16.3 Å². The Hall–Kier alpha value is -2.39. The Balaban J connectivity index is 1.87. The minimum atomic E-state index is -3.96. The zero-order chi connectivity index (χ0) is 23.8. The molecular weight excluding hydrogens is 474 g/mol. The summed E-state index contributed by atoms with van der Waals surface area (Å²) >= 11 is 5.98. The summed E-state index contributed by atoms with van der Waals surface area (Å²) < 4.78 is 60.0. The lowest BCUT2D eigenvalue weighted by atomic mass is 9.67. The predicted octanol–water partition coefficient (Wildman–Crippen LogP) is 4.57. The number of rotatable bonds is 5. The maximum Gasteiger partial charge on any atom is 0.314 e. The smallest absolute Gasteiger partial charge is 0.314 e. The molecule has 33 heavy (non-hydrogen) atoms. The molecule has 1 fully saturated rings. The lowest BCUT2D eigenvalue weighted by Gasteiger charge is -2.48. The number of urea groups is 1. The summed E-state index contributed by atoms with van der Waals surface area (Å²) in [7, 11) is -3.96. The van der Waals surface area contributed by atoms with Crippen LogP contribution in [0.5, 0.6) is 5.75 Å². The number of nitrogens with one attached hydrogen (secondary N) is 2. The van der Waals surface area contributed by atoms with E-state index in [0.717, 1.165) is 12.1 Å². The Labute approximate surface area is 196 Å². The number of hydrogen-bond donors (Lipinski definition) is 2. The molecule has 178 valence electrons. The second-order valence-electron chi connectivity index (χ2n) is 8.41. The Morgan fingerprint density at radius 2 is 1.91 bits per heavy atom. The van der Waals surface area contributed by atoms with Crippen molar-refractivity contribution in [1.82, 2.24) is 10.6 Å². The van der Waals surface area contributed by atoms with Gasteiger partial charge in [-0.1, -0.05) is 18.0 Å². The fraction of sp³-hybridized carbons (Fsp3) is 0.435. The molecule has 2 amide bonds. The first kappa shape index (κ1) is 23.8. The van der Waals surface area contributed by atoms with Crippen LogP contribution in [0.1, 0.15) is 31.7 Å². The third-order valence-corrected chi connectivity index (χ3v) is 9.53. The van der Waals surface area contributed by atoms with E-state index in [1.54, 1.807) is 6.92 Å². The van der Waals surface area contributed by atoms with Crippen molar-refractivity contribution in [3.63, 3.8) is 0 Å². The molecule has 1 saturated carbocycles. The summed E-state index contributed by atoms with van der Waals surface area (Å²) in [6.45, 7) is 2.39. The Morgan fingerprint density at radius 1 is 1.21 bits per heavy atom. The van der Waals surface area contributed by atoms with Gasteiger partial charge < -0.3 is 15.4 Å². The highest BCUT2D eigenvalue weighted by Crippen LogP contribution is 2.58. The first-order valence-corrected chi connectivity index (χ1v) is 12.8. The number of carbonyl (C=O) groups excluding carboxylic acids is 1. The molecule has 0 radical (unpaired) electrons. The summed E-state index contributed by atoms with van der Waals surface area (Å²) in [6, 6.07) is 7.45. The van der Waals surface area contributed by atoms with E-state index < -0.39 is 32.1 Å². The summed E-state index contributed by atoms with van der Waals surface area (Å²) in [5, 5.41) is 5.83. The first-order chi connectivity index (χ1) is 15.7. The third-order valence-electron chi connectivity index (χ3n) is 6.67. The van der Waals surface area contributed by atoms with E-state index in [1.807, 2.05) is 0 Å². The second kappa shape index (κ2) is 9.10. The number of carbonyl (C=O) groups is 1. The fourth-order valence-corrected chi connectivity index (χ4v) is 7.83. The van der Waals surface area contributed by atoms with Crippen LogP contribution >= 0.6 is 11.6 Å². The van der Waals surface area contributed by atoms with E-state index in [2.05, 4.69) is 10.6 Å². The van der Waals surface area contributed by atoms with Gasteiger partial charge in [0.25, 0.3) is 0 Å². The normalized spacial score (nSPS) is 25.7. The van der Waals surface area contributed by atoms with Crippen molar-refractivity contribution in [2.75, 3.05) is 19.7 Å². The van der Waals surface area contributed by atoms with E-state index in [0.29, 0.717) is 24.4 Å². The van der Waals surface area contributed by atoms with Gasteiger partial charge >= 0.3 is 15.9 Å². The highest BCUT2D eigenvalue weighted by molar-refractivity contribution is 7.92. The molecular formula is C23H26ClF2N2O4S+. The molecule has 1 aliphatic heterocycles. The van der Waals surface area contributed by atoms with E-state index in [-0.39, 0.29) is 47.7 Å². The SMILES string of the molecule is CCNC(=O)NC[C@@H]1CCC[C@@]2(S(=O)(=[OH+])c3ccc(Cl)cc3)c3c(F)ccc(F)c3OC[C@@H]12. The van der Waals surface area contributed by atoms with Crippen molar-refractivity contribution >= 4 is 27.5 Å². The van der Waals surface area contributed by atoms with Gasteiger partial charge in [-0.05, 0) is 62.1 Å². The first-order valence-electron chi connectivity index (χ1n) is 10.9. The van der Waals surface area contributed by atoms with Crippen LogP contribution in [0.15, 0.2) is 41.3 Å². The molecule has 6 nitrogen and oxygen atoms in total. The van der Waals surface area contributed by atoms with Crippen molar-refractivity contribution in [3.05, 3.63) is 58.6 Å². The predicted molar refractivity (Wildman–Crippen MR) is 121 cm³/mol. The molecule has 0 saturated heterocycles. The molecule has 3 N–H and O–H groups in total. The zero-order valence-electron chi connectivity index (χ0n) is 18.1. The summed E-state index contributed by atoms with van der Waals surface area (Å²) in [4.78, 5) is 12.1. The number of fused-ring (bicyclic) bond motifs is 3. The Bertz CT molecular complexity index is 1160. The minimum absolute atomic E-state index is 0.0692. The summed E-state index contributed by atoms with van der Waals surface area (Å²) in [5.74, 6) is -2.80. The van der Waals surface area contributed by atoms with Gasteiger partial charge in [-0.15, -0.1) is 0 Å². The molecule has 2 aromatic carbocycles. The van der Waals surface area contributed by atoms with Crippen molar-refractivity contribution < 1.29 is 26.7 Å². The quantitative estimate of drug-likeness (QED) is 0.590. The molecule has 10 heteroatoms. The number of halogens is 3. The van der Waals surface area contributed by atoms with Crippen LogP contribution in [0.3, 0.4) is 0 Å². The van der Waals surface area contributed by atoms with Crippen LogP contribution in [0.4, 0.5) is 13.6 Å². The maximum absolute atomic E-state index is 15.3. The number of amides is 2. The van der Waals surface area contributed by atoms with Crippen molar-refractivity contribution in [1.29, 1.82) is 0 Å². The molecule has 2 aliphatic rings. The van der Waals surface area contributed by atoms with Gasteiger partial charge in [0.2, 0.25) is 0 Å². The van der Waals surface area contributed by atoms with Gasteiger partial charge in [0.05, 0.1) is 12.2 Å². The van der Waals surface area contributed by atoms with E-state index in [1.165, 1.54) is 24.3 Å². The van der Waals surface area contributed by atoms with Gasteiger partial charge in [0.15, 0.2) is 16.3 Å². The average Bonchev–Trinajstić information content (AvgIpc) is 2.79. The lowest BCUT2D eigenvalue weighted by Crippen LogP contribution is -2.56. The summed E-state index contributed by atoms with van der Waals surface area (Å²) in [6.07, 6.45) is 1.31. The number of ether oxygens (including phenoxy) is 1. The van der Waals surface area contributed by atoms with Crippen LogP contribution in [0.2, 0.25) is 5.02 Å². The largest absolute Gasteiger partial charge is 0.490 e. The van der Waals surface area contributed by atoms with Crippen LogP contribution in [0, 0.1) is 23.5 Å². The van der Waals surface area contributed by atoms with Crippen LogP contribution < -0.4 is 15.4 Å². The minimum Gasteiger partial charge on any atom is -0.490 e. The molecule has 0 aromatic heterocycles.